The van der Waals surface area contributed by atoms with Crippen LogP contribution in [0.25, 0.3) is 11.5 Å². The average molecular weight is 417 g/mol. The molecular weight excluding hydrogens is 400 g/mol. The third-order valence-electron chi connectivity index (χ3n) is 3.66. The topological polar surface area (TPSA) is 97.1 Å². The zero-order valence-electron chi connectivity index (χ0n) is 14.9. The number of carbonyl (C=O) groups excluding carboxylic acids is 2. The van der Waals surface area contributed by atoms with Crippen LogP contribution < -0.4 is 10.6 Å². The van der Waals surface area contributed by atoms with E-state index in [-0.39, 0.29) is 5.22 Å². The minimum Gasteiger partial charge on any atom is -0.411 e. The van der Waals surface area contributed by atoms with Crippen molar-refractivity contribution >= 4 is 35.3 Å². The lowest BCUT2D eigenvalue weighted by Crippen LogP contribution is -2.42. The van der Waals surface area contributed by atoms with Crippen molar-refractivity contribution in [2.24, 2.45) is 0 Å². The van der Waals surface area contributed by atoms with Gasteiger partial charge in [-0.2, -0.15) is 0 Å². The predicted molar refractivity (Wildman–Crippen MR) is 107 cm³/mol. The molecule has 2 N–H and O–H groups in total. The number of benzene rings is 2. The normalized spacial score (nSPS) is 11.6. The standard InChI is InChI=1S/C19H17ClN4O3S/c1-12(16(25)22-18(26)21-11-13-6-3-2-4-7-13)28-19-24-23-17(27-19)14-8-5-9-15(20)10-14/h2-10,12H,11H2,1H3,(H2,21,22,25,26)/t12-/m1/s1. The Morgan fingerprint density at radius 2 is 1.93 bits per heavy atom. The fraction of sp³-hybridized carbons (Fsp3) is 0.158. The van der Waals surface area contributed by atoms with Crippen LogP contribution in [0.5, 0.6) is 0 Å². The Morgan fingerprint density at radius 1 is 1.14 bits per heavy atom. The van der Waals surface area contributed by atoms with Crippen molar-refractivity contribution < 1.29 is 14.0 Å². The molecule has 0 aliphatic carbocycles. The summed E-state index contributed by atoms with van der Waals surface area (Å²) in [7, 11) is 0. The van der Waals surface area contributed by atoms with Gasteiger partial charge in [-0.3, -0.25) is 10.1 Å². The summed E-state index contributed by atoms with van der Waals surface area (Å²) in [5, 5.41) is 13.0. The van der Waals surface area contributed by atoms with Gasteiger partial charge < -0.3 is 9.73 Å². The lowest BCUT2D eigenvalue weighted by molar-refractivity contribution is -0.119. The summed E-state index contributed by atoms with van der Waals surface area (Å²) in [5.74, 6) is -0.156. The van der Waals surface area contributed by atoms with Crippen molar-refractivity contribution in [2.45, 2.75) is 23.9 Å². The summed E-state index contributed by atoms with van der Waals surface area (Å²) < 4.78 is 5.56. The first-order chi connectivity index (χ1) is 13.5. The Labute approximate surface area is 170 Å². The predicted octanol–water partition coefficient (Wildman–Crippen LogP) is 3.90. The van der Waals surface area contributed by atoms with Gasteiger partial charge in [0.1, 0.15) is 0 Å². The number of imide groups is 1. The number of nitrogens with one attached hydrogen (secondary N) is 2. The number of amides is 3. The molecule has 2 aromatic carbocycles. The van der Waals surface area contributed by atoms with E-state index in [2.05, 4.69) is 20.8 Å². The van der Waals surface area contributed by atoms with Crippen molar-refractivity contribution in [1.82, 2.24) is 20.8 Å². The highest BCUT2D eigenvalue weighted by Gasteiger charge is 2.20. The molecule has 9 heteroatoms. The van der Waals surface area contributed by atoms with E-state index < -0.39 is 17.2 Å². The van der Waals surface area contributed by atoms with E-state index in [1.165, 1.54) is 0 Å². The van der Waals surface area contributed by atoms with Gasteiger partial charge in [-0.05, 0) is 30.7 Å². The Morgan fingerprint density at radius 3 is 2.68 bits per heavy atom. The largest absolute Gasteiger partial charge is 0.411 e. The molecule has 0 aliphatic rings. The third kappa shape index (κ3) is 5.58. The molecule has 1 heterocycles. The highest BCUT2D eigenvalue weighted by atomic mass is 35.5. The second-order valence-electron chi connectivity index (χ2n) is 5.80. The maximum absolute atomic E-state index is 12.2. The summed E-state index contributed by atoms with van der Waals surface area (Å²) in [6.07, 6.45) is 0. The number of thioether (sulfide) groups is 1. The van der Waals surface area contributed by atoms with E-state index in [0.717, 1.165) is 17.3 Å². The maximum Gasteiger partial charge on any atom is 0.321 e. The van der Waals surface area contributed by atoms with Gasteiger partial charge in [0.2, 0.25) is 11.8 Å². The van der Waals surface area contributed by atoms with E-state index in [1.807, 2.05) is 30.3 Å². The Bertz CT molecular complexity index is 965. The highest BCUT2D eigenvalue weighted by Crippen LogP contribution is 2.27. The lowest BCUT2D eigenvalue weighted by Gasteiger charge is -2.10. The molecule has 1 atom stereocenters. The summed E-state index contributed by atoms with van der Waals surface area (Å²) in [4.78, 5) is 24.1. The quantitative estimate of drug-likeness (QED) is 0.591. The first-order valence-electron chi connectivity index (χ1n) is 8.40. The summed E-state index contributed by atoms with van der Waals surface area (Å²) in [6, 6.07) is 15.9. The molecule has 3 rings (SSSR count). The molecule has 0 aliphatic heterocycles. The fourth-order valence-corrected chi connectivity index (χ4v) is 3.11. The Kier molecular flexibility index (Phi) is 6.67. The van der Waals surface area contributed by atoms with Crippen LogP contribution in [0, 0.1) is 0 Å². The Hall–Kier alpha value is -2.84. The second-order valence-corrected chi connectivity index (χ2v) is 7.53. The highest BCUT2D eigenvalue weighted by molar-refractivity contribution is 8.00. The molecule has 0 unspecified atom stereocenters. The minimum absolute atomic E-state index is 0.224. The molecule has 3 amide bonds. The molecule has 0 bridgehead atoms. The van der Waals surface area contributed by atoms with Crippen molar-refractivity contribution in [2.75, 3.05) is 0 Å². The molecule has 0 spiro atoms. The molecular formula is C19H17ClN4O3S. The molecule has 0 fully saturated rings. The van der Waals surface area contributed by atoms with Gasteiger partial charge in [-0.1, -0.05) is 59.8 Å². The van der Waals surface area contributed by atoms with Crippen LogP contribution in [0.1, 0.15) is 12.5 Å². The molecule has 0 saturated carbocycles. The first kappa shape index (κ1) is 19.9. The van der Waals surface area contributed by atoms with E-state index in [4.69, 9.17) is 16.0 Å². The molecule has 1 aromatic heterocycles. The van der Waals surface area contributed by atoms with E-state index in [0.29, 0.717) is 23.0 Å². The average Bonchev–Trinajstić information content (AvgIpc) is 3.15. The monoisotopic (exact) mass is 416 g/mol. The zero-order chi connectivity index (χ0) is 19.9. The SMILES string of the molecule is C[C@@H](Sc1nnc(-c2cccc(Cl)c2)o1)C(=O)NC(=O)NCc1ccccc1. The van der Waals surface area contributed by atoms with Crippen LogP contribution >= 0.6 is 23.4 Å². The van der Waals surface area contributed by atoms with Crippen LogP contribution in [0.15, 0.2) is 64.2 Å². The number of hydrogen-bond acceptors (Lipinski definition) is 6. The molecule has 7 nitrogen and oxygen atoms in total. The molecule has 144 valence electrons. The number of aromatic nitrogens is 2. The molecule has 28 heavy (non-hydrogen) atoms. The molecule has 0 radical (unpaired) electrons. The van der Waals surface area contributed by atoms with E-state index in [1.54, 1.807) is 31.2 Å². The summed E-state index contributed by atoms with van der Waals surface area (Å²) in [6.45, 7) is 1.97. The van der Waals surface area contributed by atoms with Crippen LogP contribution in [0.3, 0.4) is 0 Å². The van der Waals surface area contributed by atoms with Gasteiger partial charge >= 0.3 is 6.03 Å². The number of hydrogen-bond donors (Lipinski definition) is 2. The van der Waals surface area contributed by atoms with Crippen LogP contribution in [-0.2, 0) is 11.3 Å². The van der Waals surface area contributed by atoms with E-state index in [9.17, 15) is 9.59 Å². The van der Waals surface area contributed by atoms with Crippen LogP contribution in [-0.4, -0.2) is 27.4 Å². The van der Waals surface area contributed by atoms with Crippen molar-refractivity contribution in [3.63, 3.8) is 0 Å². The minimum atomic E-state index is -0.602. The van der Waals surface area contributed by atoms with Crippen molar-refractivity contribution in [3.8, 4) is 11.5 Å². The van der Waals surface area contributed by atoms with Gasteiger partial charge in [-0.15, -0.1) is 10.2 Å². The fourth-order valence-electron chi connectivity index (χ4n) is 2.24. The maximum atomic E-state index is 12.2. The third-order valence-corrected chi connectivity index (χ3v) is 4.83. The number of halogens is 1. The van der Waals surface area contributed by atoms with E-state index >= 15 is 0 Å². The van der Waals surface area contributed by atoms with Crippen LogP contribution in [0.2, 0.25) is 5.02 Å². The second kappa shape index (κ2) is 9.38. The van der Waals surface area contributed by atoms with Gasteiger partial charge in [0.25, 0.3) is 5.22 Å². The van der Waals surface area contributed by atoms with Gasteiger partial charge in [0.05, 0.1) is 5.25 Å². The van der Waals surface area contributed by atoms with Crippen molar-refractivity contribution in [1.29, 1.82) is 0 Å². The number of carbonyl (C=O) groups is 2. The van der Waals surface area contributed by atoms with Crippen molar-refractivity contribution in [3.05, 3.63) is 65.2 Å². The lowest BCUT2D eigenvalue weighted by atomic mass is 10.2. The zero-order valence-corrected chi connectivity index (χ0v) is 16.5. The smallest absolute Gasteiger partial charge is 0.321 e. The number of rotatable bonds is 6. The Balaban J connectivity index is 1.51. The summed E-state index contributed by atoms with van der Waals surface area (Å²) >= 11 is 7.02. The summed E-state index contributed by atoms with van der Waals surface area (Å²) in [5.41, 5.74) is 1.62. The number of nitrogens with zero attached hydrogens (tertiary/aromatic N) is 2. The molecule has 3 aromatic rings. The van der Waals surface area contributed by atoms with Gasteiger partial charge in [0, 0.05) is 17.1 Å². The van der Waals surface area contributed by atoms with Crippen LogP contribution in [0.4, 0.5) is 4.79 Å². The van der Waals surface area contributed by atoms with Gasteiger partial charge in [-0.25, -0.2) is 4.79 Å². The first-order valence-corrected chi connectivity index (χ1v) is 9.66. The molecule has 0 saturated heterocycles. The number of urea groups is 1. The van der Waals surface area contributed by atoms with Gasteiger partial charge in [0.15, 0.2) is 0 Å².